The van der Waals surface area contributed by atoms with Crippen molar-refractivity contribution in [1.29, 1.82) is 0 Å². The van der Waals surface area contributed by atoms with Gasteiger partial charge in [-0.05, 0) is 75.7 Å². The van der Waals surface area contributed by atoms with E-state index in [1.165, 1.54) is 32.0 Å². The van der Waals surface area contributed by atoms with Gasteiger partial charge in [-0.15, -0.1) is 0 Å². The zero-order valence-corrected chi connectivity index (χ0v) is 18.0. The first-order valence-electron chi connectivity index (χ1n) is 10.4. The standard InChI is InChI=1S/C21H28N2O6S/c1-20(2,22-30(28,29)17-5-3-4-16(8-17)23(26)27)19(24)9-18-14-6-13-7-15(18)12-21(25,10-13)11-14/h3-5,8,13-15,18,22,25H,6-7,9-12H2,1-2H3. The van der Waals surface area contributed by atoms with E-state index in [2.05, 4.69) is 4.72 Å². The Labute approximate surface area is 176 Å². The highest BCUT2D eigenvalue weighted by Crippen LogP contribution is 2.59. The number of rotatable bonds is 7. The number of Topliss-reactive ketones (excluding diaryl/α,β-unsaturated/α-hetero) is 1. The number of nitrogens with one attached hydrogen (secondary N) is 1. The molecule has 5 rings (SSSR count). The fourth-order valence-corrected chi connectivity index (χ4v) is 7.54. The summed E-state index contributed by atoms with van der Waals surface area (Å²) < 4.78 is 28.0. The largest absolute Gasteiger partial charge is 0.390 e. The maximum atomic E-state index is 13.1. The van der Waals surface area contributed by atoms with Gasteiger partial charge in [0.15, 0.2) is 5.78 Å². The Morgan fingerprint density at radius 2 is 1.90 bits per heavy atom. The van der Waals surface area contributed by atoms with Gasteiger partial charge in [-0.1, -0.05) is 6.07 Å². The molecule has 9 heteroatoms. The Balaban J connectivity index is 1.48. The molecular formula is C21H28N2O6S. The van der Waals surface area contributed by atoms with E-state index < -0.39 is 26.1 Å². The van der Waals surface area contributed by atoms with E-state index >= 15 is 0 Å². The molecule has 0 radical (unpaired) electrons. The van der Waals surface area contributed by atoms with Crippen LogP contribution in [0.1, 0.15) is 52.4 Å². The molecule has 2 N–H and O–H groups in total. The van der Waals surface area contributed by atoms with E-state index in [-0.39, 0.29) is 28.7 Å². The van der Waals surface area contributed by atoms with Crippen molar-refractivity contribution in [3.05, 3.63) is 34.4 Å². The molecule has 0 aliphatic heterocycles. The number of nitrogens with zero attached hydrogens (tertiary/aromatic N) is 1. The molecule has 164 valence electrons. The Morgan fingerprint density at radius 3 is 2.47 bits per heavy atom. The number of carbonyl (C=O) groups excluding carboxylic acids is 1. The lowest BCUT2D eigenvalue weighted by molar-refractivity contribution is -0.385. The fourth-order valence-electron chi connectivity index (χ4n) is 6.11. The van der Waals surface area contributed by atoms with Gasteiger partial charge >= 0.3 is 0 Å². The lowest BCUT2D eigenvalue weighted by Gasteiger charge is -2.58. The molecule has 0 aromatic heterocycles. The second-order valence-corrected chi connectivity index (χ2v) is 11.7. The van der Waals surface area contributed by atoms with Gasteiger partial charge in [0, 0.05) is 18.6 Å². The summed E-state index contributed by atoms with van der Waals surface area (Å²) in [5.74, 6) is 1.15. The number of nitro groups is 1. The normalized spacial score (nSPS) is 32.9. The summed E-state index contributed by atoms with van der Waals surface area (Å²) in [6, 6.07) is 4.78. The van der Waals surface area contributed by atoms with Crippen LogP contribution in [0.3, 0.4) is 0 Å². The fraction of sp³-hybridized carbons (Fsp3) is 0.667. The number of nitro benzene ring substituents is 1. The summed E-state index contributed by atoms with van der Waals surface area (Å²) in [5.41, 5.74) is -2.24. The molecule has 4 aliphatic rings. The van der Waals surface area contributed by atoms with Crippen LogP contribution in [-0.4, -0.2) is 35.4 Å². The molecule has 0 amide bonds. The maximum Gasteiger partial charge on any atom is 0.270 e. The quantitative estimate of drug-likeness (QED) is 0.500. The molecule has 4 aliphatic carbocycles. The summed E-state index contributed by atoms with van der Waals surface area (Å²) in [6.45, 7) is 3.07. The lowest BCUT2D eigenvalue weighted by atomic mass is 9.49. The summed E-state index contributed by atoms with van der Waals surface area (Å²) in [7, 11) is -4.11. The highest BCUT2D eigenvalue weighted by Gasteiger charge is 2.55. The topological polar surface area (TPSA) is 127 Å². The van der Waals surface area contributed by atoms with Gasteiger partial charge in [0.2, 0.25) is 10.0 Å². The van der Waals surface area contributed by atoms with Crippen molar-refractivity contribution in [3.8, 4) is 0 Å². The van der Waals surface area contributed by atoms with E-state index in [4.69, 9.17) is 0 Å². The first-order valence-corrected chi connectivity index (χ1v) is 11.9. The van der Waals surface area contributed by atoms with Crippen LogP contribution in [0, 0.1) is 33.8 Å². The van der Waals surface area contributed by atoms with Gasteiger partial charge in [-0.3, -0.25) is 14.9 Å². The third-order valence-electron chi connectivity index (χ3n) is 7.28. The average Bonchev–Trinajstić information content (AvgIpc) is 2.62. The van der Waals surface area contributed by atoms with E-state index in [1.807, 2.05) is 0 Å². The van der Waals surface area contributed by atoms with Gasteiger partial charge in [0.1, 0.15) is 0 Å². The second kappa shape index (κ2) is 7.10. The Hall–Kier alpha value is -1.84. The van der Waals surface area contributed by atoms with Gasteiger partial charge in [-0.2, -0.15) is 4.72 Å². The highest BCUT2D eigenvalue weighted by atomic mass is 32.2. The minimum absolute atomic E-state index is 0.177. The smallest absolute Gasteiger partial charge is 0.270 e. The minimum atomic E-state index is -4.11. The van der Waals surface area contributed by atoms with E-state index in [0.717, 1.165) is 38.2 Å². The van der Waals surface area contributed by atoms with Crippen LogP contribution < -0.4 is 4.72 Å². The first-order chi connectivity index (χ1) is 13.9. The predicted molar refractivity (Wildman–Crippen MR) is 109 cm³/mol. The number of carbonyl (C=O) groups is 1. The van der Waals surface area contributed by atoms with Crippen molar-refractivity contribution in [1.82, 2.24) is 4.72 Å². The zero-order chi connectivity index (χ0) is 21.9. The Morgan fingerprint density at radius 1 is 1.27 bits per heavy atom. The monoisotopic (exact) mass is 436 g/mol. The summed E-state index contributed by atoms with van der Waals surface area (Å²) in [5, 5.41) is 21.7. The molecule has 4 fully saturated rings. The summed E-state index contributed by atoms with van der Waals surface area (Å²) >= 11 is 0. The number of sulfonamides is 1. The van der Waals surface area contributed by atoms with Crippen LogP contribution in [0.2, 0.25) is 0 Å². The molecule has 0 spiro atoms. The van der Waals surface area contributed by atoms with Crippen LogP contribution in [0.15, 0.2) is 29.2 Å². The maximum absolute atomic E-state index is 13.1. The van der Waals surface area contributed by atoms with E-state index in [1.54, 1.807) is 0 Å². The Kier molecular flexibility index (Phi) is 5.06. The molecule has 30 heavy (non-hydrogen) atoms. The average molecular weight is 437 g/mol. The molecule has 2 unspecified atom stereocenters. The first kappa shape index (κ1) is 21.4. The van der Waals surface area contributed by atoms with Gasteiger partial charge < -0.3 is 5.11 Å². The molecule has 8 nitrogen and oxygen atoms in total. The van der Waals surface area contributed by atoms with Gasteiger partial charge in [-0.25, -0.2) is 8.42 Å². The van der Waals surface area contributed by atoms with Crippen molar-refractivity contribution in [2.24, 2.45) is 23.7 Å². The van der Waals surface area contributed by atoms with Gasteiger partial charge in [0.25, 0.3) is 5.69 Å². The number of hydrogen-bond acceptors (Lipinski definition) is 6. The summed E-state index contributed by atoms with van der Waals surface area (Å²) in [4.78, 5) is 23.2. The van der Waals surface area contributed by atoms with E-state index in [9.17, 15) is 28.4 Å². The molecule has 1 aromatic rings. The number of ketones is 1. The summed E-state index contributed by atoms with van der Waals surface area (Å²) in [6.07, 6.45) is 4.69. The number of hydrogen-bond donors (Lipinski definition) is 2. The van der Waals surface area contributed by atoms with Crippen LogP contribution in [-0.2, 0) is 14.8 Å². The molecule has 0 saturated heterocycles. The third kappa shape index (κ3) is 3.90. The molecule has 4 bridgehead atoms. The van der Waals surface area contributed by atoms with Crippen molar-refractivity contribution >= 4 is 21.5 Å². The predicted octanol–water partition coefficient (Wildman–Crippen LogP) is 2.80. The van der Waals surface area contributed by atoms with Crippen molar-refractivity contribution in [2.45, 2.75) is 68.4 Å². The van der Waals surface area contributed by atoms with Crippen molar-refractivity contribution in [2.75, 3.05) is 0 Å². The number of non-ortho nitro benzene ring substituents is 1. The molecular weight excluding hydrogens is 408 g/mol. The zero-order valence-electron chi connectivity index (χ0n) is 17.2. The molecule has 1 aromatic carbocycles. The van der Waals surface area contributed by atoms with Crippen molar-refractivity contribution < 1.29 is 23.2 Å². The van der Waals surface area contributed by atoms with Crippen molar-refractivity contribution in [3.63, 3.8) is 0 Å². The Bertz CT molecular complexity index is 973. The van der Waals surface area contributed by atoms with Gasteiger partial charge in [0.05, 0.1) is 21.0 Å². The molecule has 0 heterocycles. The second-order valence-electron chi connectivity index (χ2n) is 9.97. The van der Waals surface area contributed by atoms with Crippen LogP contribution in [0.4, 0.5) is 5.69 Å². The number of aliphatic hydroxyl groups is 1. The van der Waals surface area contributed by atoms with Crippen LogP contribution >= 0.6 is 0 Å². The van der Waals surface area contributed by atoms with Crippen LogP contribution in [0.5, 0.6) is 0 Å². The third-order valence-corrected chi connectivity index (χ3v) is 8.94. The highest BCUT2D eigenvalue weighted by molar-refractivity contribution is 7.89. The van der Waals surface area contributed by atoms with E-state index in [0.29, 0.717) is 17.8 Å². The SMILES string of the molecule is CC(C)(NS(=O)(=O)c1cccc([N+](=O)[O-])c1)C(=O)CC1C2CC3CC1CC(O)(C3)C2. The van der Waals surface area contributed by atoms with Crippen LogP contribution in [0.25, 0.3) is 0 Å². The number of benzene rings is 1. The lowest BCUT2D eigenvalue weighted by Crippen LogP contribution is -2.56. The minimum Gasteiger partial charge on any atom is -0.390 e. The molecule has 2 atom stereocenters. The molecule has 4 saturated carbocycles.